The van der Waals surface area contributed by atoms with Crippen LogP contribution in [-0.2, 0) is 9.59 Å². The van der Waals surface area contributed by atoms with Crippen LogP contribution in [-0.4, -0.2) is 37.2 Å². The van der Waals surface area contributed by atoms with E-state index < -0.39 is 0 Å². The van der Waals surface area contributed by atoms with Gasteiger partial charge in [-0.25, -0.2) is 0 Å². The van der Waals surface area contributed by atoms with Crippen LogP contribution in [0.5, 0.6) is 0 Å². The Morgan fingerprint density at radius 2 is 1.82 bits per heavy atom. The summed E-state index contributed by atoms with van der Waals surface area (Å²) in [7, 11) is 3.66. The molecule has 0 aliphatic heterocycles. The van der Waals surface area contributed by atoms with Gasteiger partial charge in [0.25, 0.3) is 0 Å². The molecule has 0 fully saturated rings. The summed E-state index contributed by atoms with van der Waals surface area (Å²) in [6.07, 6.45) is 10.1. The number of carbonyl (C=O) groups is 2. The van der Waals surface area contributed by atoms with Gasteiger partial charge in [0.15, 0.2) is 0 Å². The lowest BCUT2D eigenvalue weighted by Gasteiger charge is -2.30. The first-order valence-electron chi connectivity index (χ1n) is 11.8. The van der Waals surface area contributed by atoms with Crippen molar-refractivity contribution >= 4 is 29.7 Å². The third-order valence-electron chi connectivity index (χ3n) is 5.37. The van der Waals surface area contributed by atoms with Gasteiger partial charge in [-0.3, -0.25) is 4.79 Å². The zero-order valence-corrected chi connectivity index (χ0v) is 21.1. The Bertz CT molecular complexity index is 798. The molecule has 0 heterocycles. The maximum absolute atomic E-state index is 12.5. The van der Waals surface area contributed by atoms with Crippen LogP contribution < -0.4 is 10.6 Å². The molecule has 1 atom stereocenters. The quantitative estimate of drug-likeness (QED) is 0.172. The van der Waals surface area contributed by atoms with Gasteiger partial charge in [-0.1, -0.05) is 64.3 Å². The third-order valence-corrected chi connectivity index (χ3v) is 5.37. The largest absolute Gasteiger partial charge is 0.392 e. The maximum Gasteiger partial charge on any atom is 0.224 e. The van der Waals surface area contributed by atoms with Gasteiger partial charge < -0.3 is 20.3 Å². The van der Waals surface area contributed by atoms with E-state index in [-0.39, 0.29) is 11.9 Å². The first kappa shape index (κ1) is 29.9. The molecule has 1 amide bonds. The second-order valence-electron chi connectivity index (χ2n) is 7.56. The van der Waals surface area contributed by atoms with Crippen LogP contribution in [0.15, 0.2) is 56.3 Å². The highest BCUT2D eigenvalue weighted by atomic mass is 16.1. The highest BCUT2D eigenvalue weighted by Gasteiger charge is 2.21. The Kier molecular flexibility index (Phi) is 15.8. The van der Waals surface area contributed by atoms with Crippen LogP contribution in [0.2, 0.25) is 0 Å². The van der Waals surface area contributed by atoms with Crippen molar-refractivity contribution in [2.75, 3.05) is 19.4 Å². The van der Waals surface area contributed by atoms with Crippen molar-refractivity contribution in [3.8, 4) is 0 Å². The molecule has 0 saturated carbocycles. The van der Waals surface area contributed by atoms with E-state index in [0.29, 0.717) is 30.6 Å². The van der Waals surface area contributed by atoms with Crippen molar-refractivity contribution in [3.05, 3.63) is 67.4 Å². The number of nitrogens with zero attached hydrogens (tertiary/aromatic N) is 1. The number of likely N-dealkylation sites (N-methyl/N-ethyl adjacent to an activating group) is 1. The van der Waals surface area contributed by atoms with Gasteiger partial charge in [-0.05, 0) is 43.7 Å². The minimum Gasteiger partial charge on any atom is -0.392 e. The summed E-state index contributed by atoms with van der Waals surface area (Å²) >= 11 is 0. The Hall–Kier alpha value is -3.08. The topological polar surface area (TPSA) is 61.4 Å². The van der Waals surface area contributed by atoms with Crippen molar-refractivity contribution in [1.29, 1.82) is 0 Å². The lowest BCUT2D eigenvalue weighted by Crippen LogP contribution is -2.32. The Morgan fingerprint density at radius 1 is 1.12 bits per heavy atom. The molecule has 0 aliphatic rings. The number of anilines is 1. The Morgan fingerprint density at radius 3 is 2.39 bits per heavy atom. The molecule has 0 saturated heterocycles. The molecular weight excluding hydrogens is 410 g/mol. The summed E-state index contributed by atoms with van der Waals surface area (Å²) in [5.74, 6) is -0.0335. The van der Waals surface area contributed by atoms with Crippen molar-refractivity contribution in [1.82, 2.24) is 10.2 Å². The van der Waals surface area contributed by atoms with Crippen molar-refractivity contribution < 1.29 is 9.59 Å². The second-order valence-corrected chi connectivity index (χ2v) is 7.56. The fourth-order valence-corrected chi connectivity index (χ4v) is 3.31. The molecule has 182 valence electrons. The lowest BCUT2D eigenvalue weighted by atomic mass is 10.00. The van der Waals surface area contributed by atoms with Crippen LogP contribution in [0, 0.1) is 0 Å². The third kappa shape index (κ3) is 10.4. The summed E-state index contributed by atoms with van der Waals surface area (Å²) < 4.78 is 0. The maximum atomic E-state index is 12.5. The van der Waals surface area contributed by atoms with Gasteiger partial charge in [0.2, 0.25) is 5.91 Å². The van der Waals surface area contributed by atoms with Crippen molar-refractivity contribution in [2.24, 2.45) is 0 Å². The van der Waals surface area contributed by atoms with E-state index in [2.05, 4.69) is 36.9 Å². The van der Waals surface area contributed by atoms with Gasteiger partial charge >= 0.3 is 0 Å². The molecule has 1 rings (SSSR count). The number of allylic oxidation sites excluding steroid dienone is 2. The summed E-state index contributed by atoms with van der Waals surface area (Å²) in [6, 6.07) is 5.30. The summed E-state index contributed by atoms with van der Waals surface area (Å²) in [6.45, 7) is 19.8. The van der Waals surface area contributed by atoms with Crippen LogP contribution in [0.4, 0.5) is 5.69 Å². The zero-order chi connectivity index (χ0) is 25.2. The lowest BCUT2D eigenvalue weighted by molar-refractivity contribution is -0.116. The number of hydrogen-bond donors (Lipinski definition) is 2. The van der Waals surface area contributed by atoms with E-state index in [9.17, 15) is 9.59 Å². The highest BCUT2D eigenvalue weighted by Crippen LogP contribution is 2.31. The van der Waals surface area contributed by atoms with E-state index in [0.717, 1.165) is 48.8 Å². The van der Waals surface area contributed by atoms with E-state index in [4.69, 9.17) is 0 Å². The van der Waals surface area contributed by atoms with Gasteiger partial charge in [0.1, 0.15) is 6.29 Å². The van der Waals surface area contributed by atoms with Crippen molar-refractivity contribution in [2.45, 2.75) is 64.8 Å². The predicted octanol–water partition coefficient (Wildman–Crippen LogP) is 6.41. The number of carbonyl (C=O) groups excluding carboxylic acids is 2. The van der Waals surface area contributed by atoms with E-state index >= 15 is 0 Å². The number of unbranched alkanes of at least 4 members (excludes halogenated alkanes) is 3. The molecule has 1 unspecified atom stereocenters. The molecular formula is C28H43N3O2. The van der Waals surface area contributed by atoms with E-state index in [1.54, 1.807) is 6.08 Å². The molecule has 5 heteroatoms. The van der Waals surface area contributed by atoms with Gasteiger partial charge in [0.05, 0.1) is 11.7 Å². The van der Waals surface area contributed by atoms with Crippen LogP contribution in [0.25, 0.3) is 11.8 Å². The van der Waals surface area contributed by atoms with E-state index in [1.807, 2.05) is 57.1 Å². The number of benzene rings is 1. The van der Waals surface area contributed by atoms with Gasteiger partial charge in [-0.2, -0.15) is 0 Å². The summed E-state index contributed by atoms with van der Waals surface area (Å²) in [4.78, 5) is 26.1. The average Bonchev–Trinajstić information content (AvgIpc) is 2.84. The molecule has 0 aliphatic carbocycles. The fourth-order valence-electron chi connectivity index (χ4n) is 3.31. The second kappa shape index (κ2) is 17.5. The summed E-state index contributed by atoms with van der Waals surface area (Å²) in [5, 5.41) is 6.03. The molecule has 5 nitrogen and oxygen atoms in total. The van der Waals surface area contributed by atoms with Crippen LogP contribution >= 0.6 is 0 Å². The van der Waals surface area contributed by atoms with Crippen LogP contribution in [0.1, 0.15) is 69.9 Å². The number of nitrogens with one attached hydrogen (secondary N) is 2. The Labute approximate surface area is 201 Å². The van der Waals surface area contributed by atoms with Gasteiger partial charge in [0, 0.05) is 37.5 Å². The zero-order valence-electron chi connectivity index (χ0n) is 21.1. The minimum atomic E-state index is -0.358. The van der Waals surface area contributed by atoms with Crippen molar-refractivity contribution in [3.63, 3.8) is 0 Å². The highest BCUT2D eigenvalue weighted by molar-refractivity contribution is 5.95. The molecule has 33 heavy (non-hydrogen) atoms. The molecule has 0 aromatic heterocycles. The smallest absolute Gasteiger partial charge is 0.224 e. The monoisotopic (exact) mass is 453 g/mol. The van der Waals surface area contributed by atoms with Crippen LogP contribution in [0.3, 0.4) is 0 Å². The molecule has 0 radical (unpaired) electrons. The molecule has 0 spiro atoms. The molecule has 2 N–H and O–H groups in total. The Balaban J connectivity index is 0.00000497. The minimum absolute atomic E-state index is 0.0335. The number of hydrogen-bond acceptors (Lipinski definition) is 4. The SMILES string of the molecule is C=CCCCCCC(=O)Nc1cccc(C=C)c1C(=C)N(C)C(C=O)CCC(=C)NC.CC. The number of aldehydes is 1. The molecule has 1 aromatic rings. The number of amides is 1. The fraction of sp³-hybridized carbons (Fsp3) is 0.429. The molecule has 1 aromatic carbocycles. The van der Waals surface area contributed by atoms with E-state index in [1.165, 1.54) is 0 Å². The predicted molar refractivity (Wildman–Crippen MR) is 144 cm³/mol. The number of rotatable bonds is 16. The first-order valence-corrected chi connectivity index (χ1v) is 11.8. The average molecular weight is 454 g/mol. The standard InChI is InChI=1S/C26H37N3O2.C2H6/c1-7-9-10-11-12-16-25(31)28-24-15-13-14-22(8-2)26(24)21(4)29(6)23(19-30)18-17-20(3)27-5;1-2/h7-8,13-15,19,23,27H,1-4,9-12,16-18H2,5-6H3,(H,28,31);1-2H3. The normalized spacial score (nSPS) is 10.7. The van der Waals surface area contributed by atoms with Gasteiger partial charge in [-0.15, -0.1) is 6.58 Å². The summed E-state index contributed by atoms with van der Waals surface area (Å²) in [5.41, 5.74) is 3.83. The first-order chi connectivity index (χ1) is 15.9. The molecule has 0 bridgehead atoms.